The molecule has 1 rings (SSSR count). The van der Waals surface area contributed by atoms with Crippen LogP contribution in [0.15, 0.2) is 30.3 Å². The van der Waals surface area contributed by atoms with Crippen LogP contribution >= 0.6 is 11.8 Å². The summed E-state index contributed by atoms with van der Waals surface area (Å²) in [6.45, 7) is 2.61. The maximum absolute atomic E-state index is 11.5. The highest BCUT2D eigenvalue weighted by molar-refractivity contribution is 8.01. The molecule has 0 spiro atoms. The predicted molar refractivity (Wildman–Crippen MR) is 77.3 cm³/mol. The van der Waals surface area contributed by atoms with Gasteiger partial charge in [0, 0.05) is 6.54 Å². The van der Waals surface area contributed by atoms with Crippen molar-refractivity contribution in [2.75, 3.05) is 12.3 Å². The fraction of sp³-hybridized carbons (Fsp3) is 0.429. The van der Waals surface area contributed by atoms with Crippen LogP contribution in [0.25, 0.3) is 0 Å². The van der Waals surface area contributed by atoms with E-state index in [1.54, 1.807) is 0 Å². The van der Waals surface area contributed by atoms with Crippen molar-refractivity contribution in [2.24, 2.45) is 0 Å². The number of benzene rings is 1. The minimum absolute atomic E-state index is 0.105. The number of rotatable bonds is 8. The largest absolute Gasteiger partial charge is 0.480 e. The van der Waals surface area contributed by atoms with Crippen LogP contribution in [0.5, 0.6) is 0 Å². The molecule has 1 atom stereocenters. The quantitative estimate of drug-likeness (QED) is 0.764. The number of hydrogen-bond donors (Lipinski definition) is 2. The number of aliphatic carboxylic acids is 1. The highest BCUT2D eigenvalue weighted by Gasteiger charge is 2.19. The summed E-state index contributed by atoms with van der Waals surface area (Å²) in [5.41, 5.74) is 0.969. The van der Waals surface area contributed by atoms with Crippen LogP contribution in [0, 0.1) is 0 Å². The molecule has 0 aliphatic carbocycles. The second-order valence-electron chi connectivity index (χ2n) is 4.18. The Morgan fingerprint density at radius 2 is 2.00 bits per heavy atom. The Hall–Kier alpha value is -1.49. The Labute approximate surface area is 117 Å². The lowest BCUT2D eigenvalue weighted by atomic mass is 10.1. The zero-order valence-corrected chi connectivity index (χ0v) is 11.8. The zero-order chi connectivity index (χ0) is 14.1. The first kappa shape index (κ1) is 15.6. The van der Waals surface area contributed by atoms with Crippen LogP contribution in [0.1, 0.15) is 18.9 Å². The number of carbonyl (C=O) groups excluding carboxylic acids is 1. The normalized spacial score (nSPS) is 11.8. The Bertz CT molecular complexity index is 408. The summed E-state index contributed by atoms with van der Waals surface area (Å²) in [7, 11) is 0. The van der Waals surface area contributed by atoms with Crippen LogP contribution in [0.4, 0.5) is 0 Å². The van der Waals surface area contributed by atoms with E-state index in [0.29, 0.717) is 13.0 Å². The molecule has 2 N–H and O–H groups in total. The molecule has 19 heavy (non-hydrogen) atoms. The van der Waals surface area contributed by atoms with Gasteiger partial charge in [-0.05, 0) is 18.4 Å². The Balaban J connectivity index is 2.45. The average molecular weight is 281 g/mol. The predicted octanol–water partition coefficient (Wildman–Crippen LogP) is 1.94. The van der Waals surface area contributed by atoms with Crippen molar-refractivity contribution in [3.05, 3.63) is 35.9 Å². The molecule has 0 aliphatic heterocycles. The van der Waals surface area contributed by atoms with Gasteiger partial charge in [-0.1, -0.05) is 37.3 Å². The lowest BCUT2D eigenvalue weighted by Crippen LogP contribution is -2.28. The molecule has 0 aliphatic rings. The van der Waals surface area contributed by atoms with Gasteiger partial charge < -0.3 is 10.4 Å². The molecular weight excluding hydrogens is 262 g/mol. The third-order valence-corrected chi connectivity index (χ3v) is 3.73. The van der Waals surface area contributed by atoms with E-state index in [4.69, 9.17) is 0 Å². The van der Waals surface area contributed by atoms with Crippen LogP contribution in [-0.2, 0) is 16.0 Å². The summed E-state index contributed by atoms with van der Waals surface area (Å²) in [6, 6.07) is 9.45. The maximum Gasteiger partial charge on any atom is 0.316 e. The van der Waals surface area contributed by atoms with Crippen molar-refractivity contribution >= 4 is 23.6 Å². The van der Waals surface area contributed by atoms with E-state index in [-0.39, 0.29) is 11.7 Å². The Kier molecular flexibility index (Phi) is 7.03. The minimum Gasteiger partial charge on any atom is -0.480 e. The van der Waals surface area contributed by atoms with Gasteiger partial charge in [-0.3, -0.25) is 9.59 Å². The number of carbonyl (C=O) groups is 2. The lowest BCUT2D eigenvalue weighted by Gasteiger charge is -2.12. The van der Waals surface area contributed by atoms with Gasteiger partial charge >= 0.3 is 5.97 Å². The minimum atomic E-state index is -0.878. The fourth-order valence-electron chi connectivity index (χ4n) is 1.54. The Morgan fingerprint density at radius 3 is 2.58 bits per heavy atom. The maximum atomic E-state index is 11.5. The standard InChI is InChI=1S/C14H19NO3S/c1-2-8-15-13(16)10-19-12(14(17)18)9-11-6-4-3-5-7-11/h3-7,12H,2,8-10H2,1H3,(H,15,16)(H,17,18). The summed E-state index contributed by atoms with van der Waals surface area (Å²) >= 11 is 1.17. The van der Waals surface area contributed by atoms with E-state index in [2.05, 4.69) is 5.32 Å². The SMILES string of the molecule is CCCNC(=O)CSC(Cc1ccccc1)C(=O)O. The van der Waals surface area contributed by atoms with Gasteiger partial charge in [-0.15, -0.1) is 11.8 Å². The summed E-state index contributed by atoms with van der Waals surface area (Å²) < 4.78 is 0. The van der Waals surface area contributed by atoms with Crippen molar-refractivity contribution in [1.82, 2.24) is 5.32 Å². The topological polar surface area (TPSA) is 66.4 Å². The molecule has 0 radical (unpaired) electrons. The first-order chi connectivity index (χ1) is 9.13. The first-order valence-corrected chi connectivity index (χ1v) is 7.33. The van der Waals surface area contributed by atoms with Gasteiger partial charge in [-0.25, -0.2) is 0 Å². The van der Waals surface area contributed by atoms with Gasteiger partial charge in [0.25, 0.3) is 0 Å². The zero-order valence-electron chi connectivity index (χ0n) is 11.0. The number of carboxylic acids is 1. The molecule has 0 saturated carbocycles. The highest BCUT2D eigenvalue weighted by Crippen LogP contribution is 2.16. The van der Waals surface area contributed by atoms with Gasteiger partial charge in [0.05, 0.1) is 5.75 Å². The number of thioether (sulfide) groups is 1. The van der Waals surface area contributed by atoms with E-state index in [1.165, 1.54) is 11.8 Å². The smallest absolute Gasteiger partial charge is 0.316 e. The fourth-order valence-corrected chi connectivity index (χ4v) is 2.44. The van der Waals surface area contributed by atoms with Crippen molar-refractivity contribution in [3.8, 4) is 0 Å². The van der Waals surface area contributed by atoms with Crippen LogP contribution in [-0.4, -0.2) is 34.5 Å². The van der Waals surface area contributed by atoms with Crippen molar-refractivity contribution in [1.29, 1.82) is 0 Å². The Morgan fingerprint density at radius 1 is 1.32 bits per heavy atom. The lowest BCUT2D eigenvalue weighted by molar-refractivity contribution is -0.136. The number of amides is 1. The molecule has 1 amide bonds. The van der Waals surface area contributed by atoms with Gasteiger partial charge in [0.2, 0.25) is 5.91 Å². The molecule has 4 nitrogen and oxygen atoms in total. The van der Waals surface area contributed by atoms with E-state index in [0.717, 1.165) is 12.0 Å². The van der Waals surface area contributed by atoms with Crippen LogP contribution in [0.3, 0.4) is 0 Å². The van der Waals surface area contributed by atoms with Crippen molar-refractivity contribution in [3.63, 3.8) is 0 Å². The average Bonchev–Trinajstić information content (AvgIpc) is 2.41. The summed E-state index contributed by atoms with van der Waals surface area (Å²) in [5, 5.41) is 11.3. The van der Waals surface area contributed by atoms with E-state index < -0.39 is 11.2 Å². The number of hydrogen-bond acceptors (Lipinski definition) is 3. The van der Waals surface area contributed by atoms with E-state index >= 15 is 0 Å². The molecule has 0 heterocycles. The van der Waals surface area contributed by atoms with Gasteiger partial charge in [-0.2, -0.15) is 0 Å². The molecule has 0 aromatic heterocycles. The second-order valence-corrected chi connectivity index (χ2v) is 5.37. The molecule has 0 fully saturated rings. The third-order valence-electron chi connectivity index (χ3n) is 2.53. The van der Waals surface area contributed by atoms with Crippen molar-refractivity contribution in [2.45, 2.75) is 25.0 Å². The van der Waals surface area contributed by atoms with E-state index in [1.807, 2.05) is 37.3 Å². The molecule has 0 bridgehead atoms. The summed E-state index contributed by atoms with van der Waals surface area (Å²) in [6.07, 6.45) is 1.31. The van der Waals surface area contributed by atoms with E-state index in [9.17, 15) is 14.7 Å². The van der Waals surface area contributed by atoms with Crippen LogP contribution in [0.2, 0.25) is 0 Å². The van der Waals surface area contributed by atoms with Gasteiger partial charge in [0.15, 0.2) is 0 Å². The molecule has 1 unspecified atom stereocenters. The van der Waals surface area contributed by atoms with Crippen molar-refractivity contribution < 1.29 is 14.7 Å². The first-order valence-electron chi connectivity index (χ1n) is 6.28. The monoisotopic (exact) mass is 281 g/mol. The highest BCUT2D eigenvalue weighted by atomic mass is 32.2. The molecule has 5 heteroatoms. The number of nitrogens with one attached hydrogen (secondary N) is 1. The summed E-state index contributed by atoms with van der Waals surface area (Å²) in [4.78, 5) is 22.6. The number of carboxylic acid groups (broad SMARTS) is 1. The second kappa shape index (κ2) is 8.58. The molecule has 104 valence electrons. The molecular formula is C14H19NO3S. The summed E-state index contributed by atoms with van der Waals surface area (Å²) in [5.74, 6) is -0.799. The third kappa shape index (κ3) is 6.29. The van der Waals surface area contributed by atoms with Gasteiger partial charge in [0.1, 0.15) is 5.25 Å². The molecule has 1 aromatic rings. The van der Waals surface area contributed by atoms with Crippen LogP contribution < -0.4 is 5.32 Å². The molecule has 0 saturated heterocycles. The molecule has 1 aromatic carbocycles.